The fraction of sp³-hybridized carbons (Fsp3) is 0.667. The Morgan fingerprint density at radius 1 is 1.38 bits per heavy atom. The summed E-state index contributed by atoms with van der Waals surface area (Å²) in [6.07, 6.45) is 5.60. The molecule has 1 aromatic rings. The first-order valence-corrected chi connectivity index (χ1v) is 5.91. The van der Waals surface area contributed by atoms with E-state index in [0.717, 1.165) is 17.9 Å². The Balaban J connectivity index is 2.69. The fourth-order valence-electron chi connectivity index (χ4n) is 1.64. The minimum Gasteiger partial charge on any atom is -0.359 e. The van der Waals surface area contributed by atoms with Crippen LogP contribution in [0, 0.1) is 6.92 Å². The van der Waals surface area contributed by atoms with Crippen LogP contribution in [0.5, 0.6) is 0 Å². The van der Waals surface area contributed by atoms with E-state index >= 15 is 0 Å². The van der Waals surface area contributed by atoms with Gasteiger partial charge in [0.05, 0.1) is 0 Å². The van der Waals surface area contributed by atoms with Gasteiger partial charge in [0, 0.05) is 32.4 Å². The SMILES string of the molecule is CCCCCN(C)c1nc(NC)ncc1C. The summed E-state index contributed by atoms with van der Waals surface area (Å²) in [7, 11) is 3.93. The first-order valence-electron chi connectivity index (χ1n) is 5.91. The fourth-order valence-corrected chi connectivity index (χ4v) is 1.64. The molecule has 0 aliphatic rings. The van der Waals surface area contributed by atoms with Crippen molar-refractivity contribution >= 4 is 11.8 Å². The number of aromatic nitrogens is 2. The van der Waals surface area contributed by atoms with Gasteiger partial charge in [0.2, 0.25) is 5.95 Å². The second kappa shape index (κ2) is 6.30. The first kappa shape index (κ1) is 12.7. The molecule has 1 N–H and O–H groups in total. The minimum absolute atomic E-state index is 0.683. The van der Waals surface area contributed by atoms with Gasteiger partial charge in [-0.05, 0) is 13.3 Å². The van der Waals surface area contributed by atoms with Crippen molar-refractivity contribution in [3.63, 3.8) is 0 Å². The third-order valence-corrected chi connectivity index (χ3v) is 2.63. The molecular formula is C12H22N4. The van der Waals surface area contributed by atoms with Crippen LogP contribution in [0.3, 0.4) is 0 Å². The van der Waals surface area contributed by atoms with Crippen LogP contribution in [0.2, 0.25) is 0 Å². The van der Waals surface area contributed by atoms with E-state index in [4.69, 9.17) is 0 Å². The second-order valence-corrected chi connectivity index (χ2v) is 4.08. The predicted molar refractivity (Wildman–Crippen MR) is 69.1 cm³/mol. The third-order valence-electron chi connectivity index (χ3n) is 2.63. The van der Waals surface area contributed by atoms with Crippen molar-refractivity contribution in [3.8, 4) is 0 Å². The number of nitrogens with zero attached hydrogens (tertiary/aromatic N) is 3. The molecule has 0 saturated heterocycles. The van der Waals surface area contributed by atoms with Gasteiger partial charge in [-0.25, -0.2) is 4.98 Å². The average Bonchev–Trinajstić information content (AvgIpc) is 2.30. The molecule has 4 heteroatoms. The standard InChI is InChI=1S/C12H22N4/c1-5-6-7-8-16(4)11-10(2)9-14-12(13-3)15-11/h9H,5-8H2,1-4H3,(H,13,14,15). The molecule has 0 aliphatic carbocycles. The molecule has 16 heavy (non-hydrogen) atoms. The van der Waals surface area contributed by atoms with E-state index in [9.17, 15) is 0 Å². The van der Waals surface area contributed by atoms with Gasteiger partial charge >= 0.3 is 0 Å². The van der Waals surface area contributed by atoms with Crippen molar-refractivity contribution < 1.29 is 0 Å². The molecule has 90 valence electrons. The molecule has 0 bridgehead atoms. The summed E-state index contributed by atoms with van der Waals surface area (Å²) < 4.78 is 0. The molecular weight excluding hydrogens is 200 g/mol. The van der Waals surface area contributed by atoms with Crippen molar-refractivity contribution in [2.45, 2.75) is 33.1 Å². The van der Waals surface area contributed by atoms with Crippen LogP contribution < -0.4 is 10.2 Å². The van der Waals surface area contributed by atoms with Gasteiger partial charge in [-0.3, -0.25) is 0 Å². The number of anilines is 2. The zero-order chi connectivity index (χ0) is 12.0. The van der Waals surface area contributed by atoms with E-state index in [1.165, 1.54) is 19.3 Å². The highest BCUT2D eigenvalue weighted by molar-refractivity contribution is 5.48. The zero-order valence-corrected chi connectivity index (χ0v) is 10.7. The zero-order valence-electron chi connectivity index (χ0n) is 10.7. The quantitative estimate of drug-likeness (QED) is 0.751. The van der Waals surface area contributed by atoms with Gasteiger partial charge in [-0.15, -0.1) is 0 Å². The molecule has 4 nitrogen and oxygen atoms in total. The van der Waals surface area contributed by atoms with E-state index < -0.39 is 0 Å². The number of hydrogen-bond acceptors (Lipinski definition) is 4. The Bertz CT molecular complexity index is 325. The molecule has 1 heterocycles. The van der Waals surface area contributed by atoms with Crippen LogP contribution in [0.25, 0.3) is 0 Å². The maximum Gasteiger partial charge on any atom is 0.224 e. The lowest BCUT2D eigenvalue weighted by atomic mass is 10.2. The molecule has 0 aromatic carbocycles. The van der Waals surface area contributed by atoms with E-state index in [2.05, 4.69) is 34.2 Å². The van der Waals surface area contributed by atoms with Gasteiger partial charge in [0.25, 0.3) is 0 Å². The number of unbranched alkanes of at least 4 members (excludes halogenated alkanes) is 2. The average molecular weight is 222 g/mol. The monoisotopic (exact) mass is 222 g/mol. The van der Waals surface area contributed by atoms with Crippen LogP contribution in [0.4, 0.5) is 11.8 Å². The van der Waals surface area contributed by atoms with E-state index in [1.54, 1.807) is 0 Å². The summed E-state index contributed by atoms with van der Waals surface area (Å²) in [4.78, 5) is 10.9. The summed E-state index contributed by atoms with van der Waals surface area (Å²) in [5, 5.41) is 2.97. The largest absolute Gasteiger partial charge is 0.359 e. The van der Waals surface area contributed by atoms with Crippen LogP contribution in [-0.4, -0.2) is 30.6 Å². The molecule has 1 aromatic heterocycles. The summed E-state index contributed by atoms with van der Waals surface area (Å²) in [6, 6.07) is 0. The Labute approximate surface area is 98.1 Å². The lowest BCUT2D eigenvalue weighted by molar-refractivity contribution is 0.700. The molecule has 0 amide bonds. The first-order chi connectivity index (χ1) is 7.69. The Hall–Kier alpha value is -1.32. The second-order valence-electron chi connectivity index (χ2n) is 4.08. The Kier molecular flexibility index (Phi) is 5.02. The minimum atomic E-state index is 0.683. The molecule has 0 unspecified atom stereocenters. The lowest BCUT2D eigenvalue weighted by Crippen LogP contribution is -2.21. The highest BCUT2D eigenvalue weighted by Crippen LogP contribution is 2.16. The Morgan fingerprint density at radius 3 is 2.75 bits per heavy atom. The number of rotatable bonds is 6. The maximum absolute atomic E-state index is 4.47. The smallest absolute Gasteiger partial charge is 0.224 e. The highest BCUT2D eigenvalue weighted by Gasteiger charge is 2.07. The Morgan fingerprint density at radius 2 is 2.12 bits per heavy atom. The van der Waals surface area contributed by atoms with Gasteiger partial charge in [0.15, 0.2) is 0 Å². The van der Waals surface area contributed by atoms with Crippen molar-refractivity contribution in [1.29, 1.82) is 0 Å². The van der Waals surface area contributed by atoms with Crippen molar-refractivity contribution in [2.24, 2.45) is 0 Å². The van der Waals surface area contributed by atoms with E-state index in [1.807, 2.05) is 20.2 Å². The molecule has 0 aliphatic heterocycles. The van der Waals surface area contributed by atoms with Gasteiger partial charge in [-0.1, -0.05) is 19.8 Å². The van der Waals surface area contributed by atoms with Crippen LogP contribution >= 0.6 is 0 Å². The van der Waals surface area contributed by atoms with Crippen molar-refractivity contribution in [2.75, 3.05) is 30.9 Å². The molecule has 0 fully saturated rings. The molecule has 0 saturated carbocycles. The van der Waals surface area contributed by atoms with E-state index in [0.29, 0.717) is 5.95 Å². The summed E-state index contributed by atoms with van der Waals surface area (Å²) in [5.74, 6) is 1.71. The van der Waals surface area contributed by atoms with Gasteiger partial charge in [-0.2, -0.15) is 4.98 Å². The lowest BCUT2D eigenvalue weighted by Gasteiger charge is -2.20. The van der Waals surface area contributed by atoms with Crippen LogP contribution in [0.15, 0.2) is 6.20 Å². The molecule has 0 spiro atoms. The number of hydrogen-bond donors (Lipinski definition) is 1. The molecule has 0 radical (unpaired) electrons. The summed E-state index contributed by atoms with van der Waals surface area (Å²) in [5.41, 5.74) is 1.12. The number of aryl methyl sites for hydroxylation is 1. The van der Waals surface area contributed by atoms with Crippen LogP contribution in [0.1, 0.15) is 31.7 Å². The maximum atomic E-state index is 4.47. The van der Waals surface area contributed by atoms with Crippen molar-refractivity contribution in [3.05, 3.63) is 11.8 Å². The predicted octanol–water partition coefficient (Wildman–Crippen LogP) is 2.45. The summed E-state index contributed by atoms with van der Waals surface area (Å²) >= 11 is 0. The van der Waals surface area contributed by atoms with Crippen molar-refractivity contribution in [1.82, 2.24) is 9.97 Å². The summed E-state index contributed by atoms with van der Waals surface area (Å²) in [6.45, 7) is 5.31. The third kappa shape index (κ3) is 3.36. The molecule has 0 atom stereocenters. The van der Waals surface area contributed by atoms with E-state index in [-0.39, 0.29) is 0 Å². The van der Waals surface area contributed by atoms with Gasteiger partial charge in [0.1, 0.15) is 5.82 Å². The highest BCUT2D eigenvalue weighted by atomic mass is 15.2. The normalized spacial score (nSPS) is 10.2. The molecule has 1 rings (SSSR count). The van der Waals surface area contributed by atoms with Gasteiger partial charge < -0.3 is 10.2 Å². The number of nitrogens with one attached hydrogen (secondary N) is 1. The topological polar surface area (TPSA) is 41.1 Å². The van der Waals surface area contributed by atoms with Crippen LogP contribution in [-0.2, 0) is 0 Å².